The molecule has 0 radical (unpaired) electrons. The summed E-state index contributed by atoms with van der Waals surface area (Å²) in [4.78, 5) is 27.5. The van der Waals surface area contributed by atoms with Crippen LogP contribution in [-0.2, 0) is 20.9 Å². The summed E-state index contributed by atoms with van der Waals surface area (Å²) in [5, 5.41) is 4.83. The van der Waals surface area contributed by atoms with Crippen molar-refractivity contribution in [1.82, 2.24) is 9.78 Å². The highest BCUT2D eigenvalue weighted by Gasteiger charge is 2.63. The third-order valence-electron chi connectivity index (χ3n) is 6.19. The molecule has 0 spiro atoms. The second kappa shape index (κ2) is 6.12. The van der Waals surface area contributed by atoms with E-state index in [0.29, 0.717) is 34.2 Å². The van der Waals surface area contributed by atoms with E-state index in [1.54, 1.807) is 17.7 Å². The predicted octanol–water partition coefficient (Wildman–Crippen LogP) is 3.01. The van der Waals surface area contributed by atoms with E-state index in [-0.39, 0.29) is 35.9 Å². The predicted molar refractivity (Wildman–Crippen MR) is 99.6 cm³/mol. The van der Waals surface area contributed by atoms with Gasteiger partial charge in [-0.2, -0.15) is 5.10 Å². The van der Waals surface area contributed by atoms with Gasteiger partial charge in [0.25, 0.3) is 0 Å². The van der Waals surface area contributed by atoms with E-state index in [9.17, 15) is 14.0 Å². The van der Waals surface area contributed by atoms with Crippen LogP contribution in [0, 0.1) is 31.5 Å². The van der Waals surface area contributed by atoms with Crippen LogP contribution < -0.4 is 4.90 Å². The maximum atomic E-state index is 13.3. The number of halogens is 2. The van der Waals surface area contributed by atoms with Gasteiger partial charge < -0.3 is 4.74 Å². The molecule has 146 valence electrons. The summed E-state index contributed by atoms with van der Waals surface area (Å²) in [6.45, 7) is 3.93. The van der Waals surface area contributed by atoms with Gasteiger partial charge in [-0.15, -0.1) is 0 Å². The van der Waals surface area contributed by atoms with Gasteiger partial charge in [0.1, 0.15) is 5.82 Å². The molecule has 8 heteroatoms. The standard InChI is InChI=1S/C20H19ClFN3O3/c1-9-18(10(2)24(23-9)8-11-3-4-12(22)7-13(11)21)25-19(26)16-14-5-6-15(28-14)17(16)20(25)27/h3-4,7,14-17H,5-6,8H2,1-2H3/t14-,15+,16-,17-/m0/s1. The molecule has 3 fully saturated rings. The smallest absolute Gasteiger partial charge is 0.240 e. The summed E-state index contributed by atoms with van der Waals surface area (Å²) in [6, 6.07) is 4.21. The zero-order valence-electron chi connectivity index (χ0n) is 15.5. The van der Waals surface area contributed by atoms with Crippen molar-refractivity contribution in [2.45, 2.75) is 45.4 Å². The molecule has 2 amide bonds. The molecule has 0 N–H and O–H groups in total. The molecule has 0 unspecified atom stereocenters. The fraction of sp³-hybridized carbons (Fsp3) is 0.450. The number of aromatic nitrogens is 2. The fourth-order valence-corrected chi connectivity index (χ4v) is 5.14. The lowest BCUT2D eigenvalue weighted by atomic mass is 9.81. The van der Waals surface area contributed by atoms with Crippen molar-refractivity contribution < 1.29 is 18.7 Å². The van der Waals surface area contributed by atoms with Crippen molar-refractivity contribution in [2.75, 3.05) is 4.90 Å². The molecule has 28 heavy (non-hydrogen) atoms. The summed E-state index contributed by atoms with van der Waals surface area (Å²) >= 11 is 6.14. The molecule has 2 bridgehead atoms. The number of ether oxygens (including phenoxy) is 1. The molecular formula is C20H19ClFN3O3. The first-order valence-electron chi connectivity index (χ1n) is 9.38. The highest BCUT2D eigenvalue weighted by atomic mass is 35.5. The normalized spacial score (nSPS) is 28.5. The zero-order chi connectivity index (χ0) is 19.7. The Labute approximate surface area is 166 Å². The Bertz CT molecular complexity index is 992. The maximum absolute atomic E-state index is 13.3. The van der Waals surface area contributed by atoms with Gasteiger partial charge in [0.15, 0.2) is 0 Å². The molecule has 3 aliphatic rings. The van der Waals surface area contributed by atoms with E-state index >= 15 is 0 Å². The summed E-state index contributed by atoms with van der Waals surface area (Å²) in [7, 11) is 0. The fourth-order valence-electron chi connectivity index (χ4n) is 4.91. The van der Waals surface area contributed by atoms with E-state index < -0.39 is 5.82 Å². The number of carbonyl (C=O) groups excluding carboxylic acids is 2. The number of hydrogen-bond donors (Lipinski definition) is 0. The van der Waals surface area contributed by atoms with Crippen LogP contribution >= 0.6 is 11.6 Å². The number of benzene rings is 1. The van der Waals surface area contributed by atoms with Crippen molar-refractivity contribution in [2.24, 2.45) is 11.8 Å². The molecule has 0 saturated carbocycles. The monoisotopic (exact) mass is 403 g/mol. The first-order valence-corrected chi connectivity index (χ1v) is 9.76. The molecule has 5 rings (SSSR count). The number of hydrogen-bond acceptors (Lipinski definition) is 4. The molecule has 0 aliphatic carbocycles. The molecule has 4 heterocycles. The molecule has 1 aromatic carbocycles. The van der Waals surface area contributed by atoms with Gasteiger partial charge in [0.05, 0.1) is 47.7 Å². The summed E-state index contributed by atoms with van der Waals surface area (Å²) in [5.41, 5.74) is 2.56. The first kappa shape index (κ1) is 17.8. The van der Waals surface area contributed by atoms with Crippen molar-refractivity contribution in [3.63, 3.8) is 0 Å². The summed E-state index contributed by atoms with van der Waals surface area (Å²) < 4.78 is 20.8. The number of aryl methyl sites for hydroxylation is 1. The number of anilines is 1. The second-order valence-corrected chi connectivity index (χ2v) is 8.17. The average Bonchev–Trinajstić information content (AvgIpc) is 3.37. The number of fused-ring (bicyclic) bond motifs is 5. The van der Waals surface area contributed by atoms with Gasteiger partial charge in [-0.3, -0.25) is 14.3 Å². The Morgan fingerprint density at radius 3 is 2.43 bits per heavy atom. The topological polar surface area (TPSA) is 64.4 Å². The van der Waals surface area contributed by atoms with Crippen LogP contribution in [0.1, 0.15) is 29.8 Å². The van der Waals surface area contributed by atoms with Crippen molar-refractivity contribution in [1.29, 1.82) is 0 Å². The minimum atomic E-state index is -0.403. The van der Waals surface area contributed by atoms with Crippen molar-refractivity contribution >= 4 is 29.1 Å². The van der Waals surface area contributed by atoms with Gasteiger partial charge in [-0.1, -0.05) is 17.7 Å². The summed E-state index contributed by atoms with van der Waals surface area (Å²) in [6.07, 6.45) is 1.37. The van der Waals surface area contributed by atoms with E-state index in [1.165, 1.54) is 17.0 Å². The van der Waals surface area contributed by atoms with E-state index in [0.717, 1.165) is 12.8 Å². The molecule has 1 aromatic heterocycles. The van der Waals surface area contributed by atoms with E-state index in [2.05, 4.69) is 5.10 Å². The lowest BCUT2D eigenvalue weighted by Crippen LogP contribution is -2.35. The van der Waals surface area contributed by atoms with Crippen LogP contribution in [-0.4, -0.2) is 33.8 Å². The van der Waals surface area contributed by atoms with Gasteiger partial charge in [0, 0.05) is 5.02 Å². The van der Waals surface area contributed by atoms with E-state index in [1.807, 2.05) is 6.92 Å². The summed E-state index contributed by atoms with van der Waals surface area (Å²) in [5.74, 6) is -1.53. The minimum Gasteiger partial charge on any atom is -0.373 e. The molecule has 4 atom stereocenters. The zero-order valence-corrected chi connectivity index (χ0v) is 16.2. The highest BCUT2D eigenvalue weighted by molar-refractivity contribution is 6.31. The van der Waals surface area contributed by atoms with Gasteiger partial charge in [-0.05, 0) is 44.4 Å². The van der Waals surface area contributed by atoms with Gasteiger partial charge in [-0.25, -0.2) is 9.29 Å². The Balaban J connectivity index is 1.50. The van der Waals surface area contributed by atoms with Crippen LogP contribution in [0.3, 0.4) is 0 Å². The van der Waals surface area contributed by atoms with Crippen molar-refractivity contribution in [3.05, 3.63) is 46.0 Å². The first-order chi connectivity index (χ1) is 13.4. The second-order valence-electron chi connectivity index (χ2n) is 7.77. The lowest BCUT2D eigenvalue weighted by molar-refractivity contribution is -0.124. The average molecular weight is 404 g/mol. The van der Waals surface area contributed by atoms with Crippen molar-refractivity contribution in [3.8, 4) is 0 Å². The minimum absolute atomic E-state index is 0.148. The Morgan fingerprint density at radius 1 is 1.18 bits per heavy atom. The molecule has 2 aromatic rings. The molecular weight excluding hydrogens is 385 g/mol. The number of imide groups is 1. The van der Waals surface area contributed by atoms with E-state index in [4.69, 9.17) is 16.3 Å². The number of carbonyl (C=O) groups is 2. The lowest BCUT2D eigenvalue weighted by Gasteiger charge is -2.18. The third kappa shape index (κ3) is 2.39. The number of rotatable bonds is 3. The Hall–Kier alpha value is -2.25. The number of nitrogens with zero attached hydrogens (tertiary/aromatic N) is 3. The van der Waals surface area contributed by atoms with Crippen LogP contribution in [0.25, 0.3) is 0 Å². The van der Waals surface area contributed by atoms with Gasteiger partial charge in [0.2, 0.25) is 11.8 Å². The Kier molecular flexibility index (Phi) is 3.90. The maximum Gasteiger partial charge on any atom is 0.240 e. The van der Waals surface area contributed by atoms with Gasteiger partial charge >= 0.3 is 0 Å². The highest BCUT2D eigenvalue weighted by Crippen LogP contribution is 2.50. The quantitative estimate of drug-likeness (QED) is 0.739. The molecule has 3 saturated heterocycles. The molecule has 6 nitrogen and oxygen atoms in total. The van der Waals surface area contributed by atoms with Crippen LogP contribution in [0.4, 0.5) is 10.1 Å². The largest absolute Gasteiger partial charge is 0.373 e. The van der Waals surface area contributed by atoms with Crippen LogP contribution in [0.5, 0.6) is 0 Å². The Morgan fingerprint density at radius 2 is 1.82 bits per heavy atom. The molecule has 3 aliphatic heterocycles. The van der Waals surface area contributed by atoms with Crippen LogP contribution in [0.2, 0.25) is 5.02 Å². The number of amides is 2. The SMILES string of the molecule is Cc1nn(Cc2ccc(F)cc2Cl)c(C)c1N1C(=O)[C@@H]2[C@@H](C1=O)[C@H]1CC[C@@H]2O1. The third-order valence-corrected chi connectivity index (χ3v) is 6.54. The van der Waals surface area contributed by atoms with Crippen LogP contribution in [0.15, 0.2) is 18.2 Å².